The van der Waals surface area contributed by atoms with E-state index in [0.717, 1.165) is 49.4 Å². The maximum atomic E-state index is 13.2. The molecule has 0 spiro atoms. The summed E-state index contributed by atoms with van der Waals surface area (Å²) in [5, 5.41) is 17.2. The molecule has 1 aliphatic heterocycles. The minimum atomic E-state index is -0.353. The van der Waals surface area contributed by atoms with Crippen LogP contribution in [0.15, 0.2) is 53.3 Å². The minimum Gasteiger partial charge on any atom is -0.321 e. The van der Waals surface area contributed by atoms with Crippen LogP contribution in [-0.2, 0) is 19.5 Å². The third-order valence-corrected chi connectivity index (χ3v) is 6.01. The number of benzene rings is 2. The van der Waals surface area contributed by atoms with Crippen LogP contribution in [0.1, 0.15) is 48.9 Å². The molecule has 0 fully saturated rings. The van der Waals surface area contributed by atoms with E-state index < -0.39 is 0 Å². The monoisotopic (exact) mass is 442 g/mol. The van der Waals surface area contributed by atoms with Crippen LogP contribution >= 0.6 is 0 Å². The van der Waals surface area contributed by atoms with Crippen LogP contribution in [0.25, 0.3) is 22.2 Å². The summed E-state index contributed by atoms with van der Waals surface area (Å²) in [6.07, 6.45) is 5.13. The Hall–Kier alpha value is -3.81. The average Bonchev–Trinajstić information content (AvgIpc) is 3.09. The van der Waals surface area contributed by atoms with Gasteiger partial charge in [0.05, 0.1) is 5.39 Å². The second kappa shape index (κ2) is 8.97. The number of carbonyl (C=O) groups excluding carboxylic acids is 1. The summed E-state index contributed by atoms with van der Waals surface area (Å²) in [6.45, 7) is 3.33. The first-order chi connectivity index (χ1) is 16.2. The molecular formula is C25H26N6O2. The molecule has 0 saturated heterocycles. The molecule has 1 N–H and O–H groups in total. The van der Waals surface area contributed by atoms with Crippen molar-refractivity contribution >= 4 is 22.4 Å². The Bertz CT molecular complexity index is 1390. The largest absolute Gasteiger partial charge is 0.321 e. The Balaban J connectivity index is 1.49. The smallest absolute Gasteiger partial charge is 0.276 e. The van der Waals surface area contributed by atoms with E-state index in [0.29, 0.717) is 23.0 Å². The highest BCUT2D eigenvalue weighted by Gasteiger charge is 2.19. The molecule has 2 aromatic carbocycles. The van der Waals surface area contributed by atoms with Crippen molar-refractivity contribution in [2.75, 3.05) is 5.32 Å². The van der Waals surface area contributed by atoms with Gasteiger partial charge in [0.2, 0.25) is 0 Å². The first-order valence-corrected chi connectivity index (χ1v) is 11.5. The van der Waals surface area contributed by atoms with Gasteiger partial charge >= 0.3 is 0 Å². The molecule has 0 bridgehead atoms. The summed E-state index contributed by atoms with van der Waals surface area (Å²) in [6, 6.07) is 14.7. The van der Waals surface area contributed by atoms with Crippen molar-refractivity contribution < 1.29 is 4.79 Å². The van der Waals surface area contributed by atoms with Gasteiger partial charge in [-0.3, -0.25) is 9.59 Å². The van der Waals surface area contributed by atoms with E-state index in [9.17, 15) is 9.59 Å². The van der Waals surface area contributed by atoms with Crippen LogP contribution in [0.5, 0.6) is 0 Å². The van der Waals surface area contributed by atoms with E-state index in [4.69, 9.17) is 0 Å². The molecule has 0 atom stereocenters. The topological polar surface area (TPSA) is 94.7 Å². The molecule has 1 aliphatic rings. The molecule has 33 heavy (non-hydrogen) atoms. The fraction of sp³-hybridized carbons (Fsp3) is 0.320. The number of rotatable bonds is 5. The van der Waals surface area contributed by atoms with Crippen molar-refractivity contribution in [1.82, 2.24) is 24.5 Å². The fourth-order valence-electron chi connectivity index (χ4n) is 4.39. The number of aromatic nitrogens is 5. The van der Waals surface area contributed by atoms with Gasteiger partial charge in [-0.25, -0.2) is 4.68 Å². The molecule has 8 nitrogen and oxygen atoms in total. The Labute approximate surface area is 191 Å². The van der Waals surface area contributed by atoms with E-state index in [-0.39, 0.29) is 17.2 Å². The van der Waals surface area contributed by atoms with Gasteiger partial charge in [0.25, 0.3) is 11.5 Å². The zero-order valence-corrected chi connectivity index (χ0v) is 18.6. The number of carbonyl (C=O) groups is 1. The Morgan fingerprint density at radius 3 is 2.73 bits per heavy atom. The predicted octanol–water partition coefficient (Wildman–Crippen LogP) is 4.04. The fourth-order valence-corrected chi connectivity index (χ4v) is 4.39. The van der Waals surface area contributed by atoms with Crippen LogP contribution < -0.4 is 10.9 Å². The van der Waals surface area contributed by atoms with Gasteiger partial charge in [0.15, 0.2) is 11.5 Å². The van der Waals surface area contributed by atoms with Crippen LogP contribution in [0.2, 0.25) is 0 Å². The third kappa shape index (κ3) is 4.04. The number of hydrogen-bond acceptors (Lipinski definition) is 5. The number of hydrogen-bond donors (Lipinski definition) is 1. The lowest BCUT2D eigenvalue weighted by molar-refractivity contribution is 0.102. The number of fused-ring (bicyclic) bond motifs is 2. The molecular weight excluding hydrogens is 416 g/mol. The highest BCUT2D eigenvalue weighted by molar-refractivity contribution is 6.11. The summed E-state index contributed by atoms with van der Waals surface area (Å²) in [7, 11) is 0. The molecule has 8 heteroatoms. The lowest BCUT2D eigenvalue weighted by Gasteiger charge is -2.12. The van der Waals surface area contributed by atoms with Gasteiger partial charge in [-0.2, -0.15) is 5.10 Å². The van der Waals surface area contributed by atoms with Crippen molar-refractivity contribution in [1.29, 1.82) is 0 Å². The van der Waals surface area contributed by atoms with Crippen molar-refractivity contribution in [3.05, 3.63) is 70.4 Å². The van der Waals surface area contributed by atoms with E-state index in [1.165, 1.54) is 11.1 Å². The van der Waals surface area contributed by atoms with Gasteiger partial charge in [-0.1, -0.05) is 43.7 Å². The van der Waals surface area contributed by atoms with E-state index in [2.05, 4.69) is 25.2 Å². The van der Waals surface area contributed by atoms with Gasteiger partial charge in [0.1, 0.15) is 5.82 Å². The first kappa shape index (κ1) is 21.1. The maximum Gasteiger partial charge on any atom is 0.276 e. The average molecular weight is 443 g/mol. The Morgan fingerprint density at radius 1 is 1.03 bits per heavy atom. The second-order valence-electron chi connectivity index (χ2n) is 8.36. The molecule has 2 aromatic heterocycles. The number of nitrogens with one attached hydrogen (secondary N) is 1. The highest BCUT2D eigenvalue weighted by Crippen LogP contribution is 2.25. The molecule has 0 saturated carbocycles. The molecule has 168 valence electrons. The van der Waals surface area contributed by atoms with Gasteiger partial charge in [-0.05, 0) is 37.5 Å². The zero-order chi connectivity index (χ0) is 22.8. The molecule has 4 aromatic rings. The molecule has 5 rings (SSSR count). The van der Waals surface area contributed by atoms with Crippen LogP contribution in [-0.4, -0.2) is 30.5 Å². The normalized spacial score (nSPS) is 13.5. The third-order valence-electron chi connectivity index (χ3n) is 6.01. The molecule has 0 radical (unpaired) electrons. The lowest BCUT2D eigenvalue weighted by atomic mass is 10.1. The first-order valence-electron chi connectivity index (χ1n) is 11.5. The number of amides is 1. The Kier molecular flexibility index (Phi) is 5.73. The molecule has 3 heterocycles. The summed E-state index contributed by atoms with van der Waals surface area (Å²) in [4.78, 5) is 26.0. The second-order valence-corrected chi connectivity index (χ2v) is 8.36. The highest BCUT2D eigenvalue weighted by atomic mass is 16.2. The van der Waals surface area contributed by atoms with E-state index >= 15 is 0 Å². The summed E-state index contributed by atoms with van der Waals surface area (Å²) in [5.74, 6) is 1.49. The number of nitrogens with zero attached hydrogens (tertiary/aromatic N) is 5. The van der Waals surface area contributed by atoms with Gasteiger partial charge in [0, 0.05) is 36.1 Å². The number of anilines is 1. The van der Waals surface area contributed by atoms with Crippen molar-refractivity contribution in [2.24, 2.45) is 0 Å². The summed E-state index contributed by atoms with van der Waals surface area (Å²) in [5.41, 5.74) is 1.60. The van der Waals surface area contributed by atoms with E-state index in [1.54, 1.807) is 18.2 Å². The summed E-state index contributed by atoms with van der Waals surface area (Å²) < 4.78 is 3.56. The van der Waals surface area contributed by atoms with Gasteiger partial charge < -0.3 is 9.88 Å². The lowest BCUT2D eigenvalue weighted by Crippen LogP contribution is -2.27. The predicted molar refractivity (Wildman–Crippen MR) is 127 cm³/mol. The Morgan fingerprint density at radius 2 is 1.88 bits per heavy atom. The van der Waals surface area contributed by atoms with Crippen LogP contribution in [0.4, 0.5) is 5.69 Å². The van der Waals surface area contributed by atoms with Crippen molar-refractivity contribution in [3.8, 4) is 11.4 Å². The summed E-state index contributed by atoms with van der Waals surface area (Å²) >= 11 is 0. The van der Waals surface area contributed by atoms with Crippen LogP contribution in [0.3, 0.4) is 0 Å². The van der Waals surface area contributed by atoms with Crippen LogP contribution in [0, 0.1) is 0 Å². The maximum absolute atomic E-state index is 13.2. The standard InChI is InChI=1S/C25H26N6O2/c1-2-14-31-25(33)20-12-6-5-11-19(20)22(29-31)24(32)26-18-10-8-9-17(16-18)23-28-27-21-13-4-3-7-15-30(21)23/h5-6,8-12,16H,2-4,7,13-15H2,1H3,(H,26,32). The molecule has 1 amide bonds. The van der Waals surface area contributed by atoms with Crippen molar-refractivity contribution in [3.63, 3.8) is 0 Å². The number of aryl methyl sites for hydroxylation is 2. The SMILES string of the molecule is CCCn1nc(C(=O)Nc2cccc(-c3nnc4n3CCCCC4)c2)c2ccccc2c1=O. The molecule has 0 unspecified atom stereocenters. The van der Waals surface area contributed by atoms with Gasteiger partial charge in [-0.15, -0.1) is 10.2 Å². The van der Waals surface area contributed by atoms with E-state index in [1.807, 2.05) is 37.3 Å². The quantitative estimate of drug-likeness (QED) is 0.503. The zero-order valence-electron chi connectivity index (χ0n) is 18.6. The molecule has 0 aliphatic carbocycles. The minimum absolute atomic E-state index is 0.182. The van der Waals surface area contributed by atoms with Crippen molar-refractivity contribution in [2.45, 2.75) is 52.1 Å².